The zero-order valence-electron chi connectivity index (χ0n) is 11.5. The molecule has 0 fully saturated rings. The minimum atomic E-state index is -1.93. The van der Waals surface area contributed by atoms with Gasteiger partial charge < -0.3 is 16.2 Å². The molecule has 4 N–H and O–H groups in total. The standard InChI is InChI=1S/C16H13ClN2O3/c17-10-4-5-13-12(7-10)16(22,15(21)19-13)8-14(20)9-2-1-3-11(18)6-9/h1-7,22H,8,18H2,(H,19,21)/t16-/m0/s1. The average molecular weight is 317 g/mol. The van der Waals surface area contributed by atoms with Crippen molar-refractivity contribution in [1.29, 1.82) is 0 Å². The van der Waals surface area contributed by atoms with Crippen molar-refractivity contribution in [3.63, 3.8) is 0 Å². The molecule has 0 bridgehead atoms. The highest BCUT2D eigenvalue weighted by atomic mass is 35.5. The Labute approximate surface area is 131 Å². The highest BCUT2D eigenvalue weighted by Gasteiger charge is 2.46. The number of carbonyl (C=O) groups excluding carboxylic acids is 2. The lowest BCUT2D eigenvalue weighted by molar-refractivity contribution is -0.133. The smallest absolute Gasteiger partial charge is 0.261 e. The van der Waals surface area contributed by atoms with Crippen molar-refractivity contribution in [2.24, 2.45) is 0 Å². The molecule has 0 aromatic heterocycles. The minimum absolute atomic E-state index is 0.308. The molecule has 22 heavy (non-hydrogen) atoms. The first-order chi connectivity index (χ1) is 10.4. The second-order valence-corrected chi connectivity index (χ2v) is 5.67. The quantitative estimate of drug-likeness (QED) is 0.598. The fourth-order valence-electron chi connectivity index (χ4n) is 2.54. The van der Waals surface area contributed by atoms with E-state index in [-0.39, 0.29) is 12.2 Å². The van der Waals surface area contributed by atoms with Crippen molar-refractivity contribution >= 4 is 34.7 Å². The first-order valence-corrected chi connectivity index (χ1v) is 7.00. The summed E-state index contributed by atoms with van der Waals surface area (Å²) in [5.41, 5.74) is 5.27. The van der Waals surface area contributed by atoms with Crippen LogP contribution in [0, 0.1) is 0 Å². The molecule has 1 aliphatic heterocycles. The number of nitrogens with one attached hydrogen (secondary N) is 1. The molecule has 0 aliphatic carbocycles. The van der Waals surface area contributed by atoms with Gasteiger partial charge >= 0.3 is 0 Å². The Morgan fingerprint density at radius 1 is 1.27 bits per heavy atom. The Hall–Kier alpha value is -2.37. The van der Waals surface area contributed by atoms with Crippen molar-refractivity contribution in [3.8, 4) is 0 Å². The Bertz CT molecular complexity index is 791. The minimum Gasteiger partial charge on any atom is -0.399 e. The van der Waals surface area contributed by atoms with Gasteiger partial charge in [0.2, 0.25) is 0 Å². The van der Waals surface area contributed by atoms with E-state index < -0.39 is 11.5 Å². The number of hydrogen-bond acceptors (Lipinski definition) is 4. The van der Waals surface area contributed by atoms with E-state index in [1.807, 2.05) is 0 Å². The molecular weight excluding hydrogens is 304 g/mol. The van der Waals surface area contributed by atoms with Crippen molar-refractivity contribution in [1.82, 2.24) is 0 Å². The van der Waals surface area contributed by atoms with Gasteiger partial charge in [-0.05, 0) is 30.3 Å². The summed E-state index contributed by atoms with van der Waals surface area (Å²) >= 11 is 5.92. The first-order valence-electron chi connectivity index (χ1n) is 6.63. The number of fused-ring (bicyclic) bond motifs is 1. The Morgan fingerprint density at radius 3 is 2.77 bits per heavy atom. The van der Waals surface area contributed by atoms with Crippen LogP contribution in [0.2, 0.25) is 5.02 Å². The molecule has 0 unspecified atom stereocenters. The van der Waals surface area contributed by atoms with Crippen LogP contribution in [0.3, 0.4) is 0 Å². The molecular formula is C16H13ClN2O3. The summed E-state index contributed by atoms with van der Waals surface area (Å²) in [6.07, 6.45) is -0.379. The first kappa shape index (κ1) is 14.6. The van der Waals surface area contributed by atoms with Gasteiger partial charge in [0.15, 0.2) is 11.4 Å². The van der Waals surface area contributed by atoms with Crippen LogP contribution in [-0.2, 0) is 10.4 Å². The molecule has 2 aromatic carbocycles. The van der Waals surface area contributed by atoms with Crippen LogP contribution in [-0.4, -0.2) is 16.8 Å². The van der Waals surface area contributed by atoms with E-state index in [9.17, 15) is 14.7 Å². The Morgan fingerprint density at radius 2 is 2.05 bits per heavy atom. The summed E-state index contributed by atoms with van der Waals surface area (Å²) in [7, 11) is 0. The molecule has 2 aromatic rings. The number of ketones is 1. The molecule has 1 atom stereocenters. The molecule has 0 saturated carbocycles. The van der Waals surface area contributed by atoms with Crippen molar-refractivity contribution in [2.45, 2.75) is 12.0 Å². The van der Waals surface area contributed by atoms with E-state index in [1.165, 1.54) is 12.1 Å². The summed E-state index contributed by atoms with van der Waals surface area (Å²) in [5, 5.41) is 13.7. The predicted octanol–water partition coefficient (Wildman–Crippen LogP) is 2.33. The highest BCUT2D eigenvalue weighted by molar-refractivity contribution is 6.31. The third-order valence-corrected chi connectivity index (χ3v) is 3.91. The summed E-state index contributed by atoms with van der Waals surface area (Å²) < 4.78 is 0. The summed E-state index contributed by atoms with van der Waals surface area (Å²) in [6, 6.07) is 11.1. The number of anilines is 2. The molecule has 1 heterocycles. The van der Waals surface area contributed by atoms with Crippen molar-refractivity contribution in [2.75, 3.05) is 11.1 Å². The van der Waals surface area contributed by atoms with Gasteiger partial charge in [-0.25, -0.2) is 0 Å². The Balaban J connectivity index is 1.96. The molecule has 1 aliphatic rings. The maximum Gasteiger partial charge on any atom is 0.261 e. The number of Topliss-reactive ketones (excluding diaryl/α,β-unsaturated/α-hetero) is 1. The zero-order chi connectivity index (χ0) is 15.9. The SMILES string of the molecule is Nc1cccc(C(=O)C[C@@]2(O)C(=O)Nc3ccc(Cl)cc32)c1. The fraction of sp³-hybridized carbons (Fsp3) is 0.125. The monoisotopic (exact) mass is 316 g/mol. The molecule has 112 valence electrons. The Kier molecular flexibility index (Phi) is 3.39. The maximum absolute atomic E-state index is 12.4. The van der Waals surface area contributed by atoms with Crippen LogP contribution in [0.25, 0.3) is 0 Å². The van der Waals surface area contributed by atoms with E-state index in [4.69, 9.17) is 17.3 Å². The van der Waals surface area contributed by atoms with Gasteiger partial charge in [-0.2, -0.15) is 0 Å². The van der Waals surface area contributed by atoms with Crippen LogP contribution in [0.15, 0.2) is 42.5 Å². The van der Waals surface area contributed by atoms with E-state index in [2.05, 4.69) is 5.32 Å². The predicted molar refractivity (Wildman–Crippen MR) is 83.8 cm³/mol. The number of aliphatic hydroxyl groups is 1. The lowest BCUT2D eigenvalue weighted by Gasteiger charge is -2.20. The number of amides is 1. The number of rotatable bonds is 3. The van der Waals surface area contributed by atoms with Crippen molar-refractivity contribution in [3.05, 3.63) is 58.6 Å². The van der Waals surface area contributed by atoms with Gasteiger partial charge in [-0.15, -0.1) is 0 Å². The van der Waals surface area contributed by atoms with Gasteiger partial charge in [0.1, 0.15) is 0 Å². The summed E-state index contributed by atoms with van der Waals surface area (Å²) in [6.45, 7) is 0. The number of benzene rings is 2. The number of halogens is 1. The average Bonchev–Trinajstić information content (AvgIpc) is 2.71. The second kappa shape index (κ2) is 5.12. The van der Waals surface area contributed by atoms with Gasteiger partial charge in [0.25, 0.3) is 5.91 Å². The highest BCUT2D eigenvalue weighted by Crippen LogP contribution is 2.40. The maximum atomic E-state index is 12.4. The number of nitrogens with two attached hydrogens (primary N) is 1. The zero-order valence-corrected chi connectivity index (χ0v) is 12.2. The van der Waals surface area contributed by atoms with Gasteiger partial charge in [-0.1, -0.05) is 23.7 Å². The molecule has 0 saturated heterocycles. The normalized spacial score (nSPS) is 19.6. The van der Waals surface area contributed by atoms with Crippen LogP contribution in [0.4, 0.5) is 11.4 Å². The van der Waals surface area contributed by atoms with Crippen LogP contribution < -0.4 is 11.1 Å². The van der Waals surface area contributed by atoms with E-state index in [1.54, 1.807) is 30.3 Å². The van der Waals surface area contributed by atoms with Crippen LogP contribution in [0.1, 0.15) is 22.3 Å². The van der Waals surface area contributed by atoms with Gasteiger partial charge in [0, 0.05) is 27.5 Å². The molecule has 0 radical (unpaired) electrons. The molecule has 5 nitrogen and oxygen atoms in total. The molecule has 0 spiro atoms. The van der Waals surface area contributed by atoms with Gasteiger partial charge in [-0.3, -0.25) is 9.59 Å². The topological polar surface area (TPSA) is 92.4 Å². The van der Waals surface area contributed by atoms with Crippen molar-refractivity contribution < 1.29 is 14.7 Å². The molecule has 6 heteroatoms. The van der Waals surface area contributed by atoms with Crippen LogP contribution >= 0.6 is 11.6 Å². The second-order valence-electron chi connectivity index (χ2n) is 5.23. The third kappa shape index (κ3) is 2.34. The lowest BCUT2D eigenvalue weighted by atomic mass is 9.88. The lowest BCUT2D eigenvalue weighted by Crippen LogP contribution is -2.36. The molecule has 1 amide bonds. The van der Waals surface area contributed by atoms with E-state index in [0.29, 0.717) is 27.5 Å². The molecule has 3 rings (SSSR count). The van der Waals surface area contributed by atoms with Crippen LogP contribution in [0.5, 0.6) is 0 Å². The number of nitrogen functional groups attached to an aromatic ring is 1. The summed E-state index contributed by atoms with van der Waals surface area (Å²) in [4.78, 5) is 24.5. The largest absolute Gasteiger partial charge is 0.399 e. The number of carbonyl (C=O) groups is 2. The number of hydrogen-bond donors (Lipinski definition) is 3. The third-order valence-electron chi connectivity index (χ3n) is 3.68. The van der Waals surface area contributed by atoms with Gasteiger partial charge in [0.05, 0.1) is 6.42 Å². The summed E-state index contributed by atoms with van der Waals surface area (Å²) in [5.74, 6) is -1.01. The van der Waals surface area contributed by atoms with E-state index in [0.717, 1.165) is 0 Å². The fourth-order valence-corrected chi connectivity index (χ4v) is 2.71. The van der Waals surface area contributed by atoms with E-state index >= 15 is 0 Å².